The number of hydrogen-bond donors (Lipinski definition) is 1. The minimum absolute atomic E-state index is 0.385. The Morgan fingerprint density at radius 3 is 2.75 bits per heavy atom. The molecule has 0 aromatic carbocycles. The van der Waals surface area contributed by atoms with E-state index in [2.05, 4.69) is 23.2 Å². The van der Waals surface area contributed by atoms with E-state index in [0.717, 1.165) is 19.1 Å². The van der Waals surface area contributed by atoms with Gasteiger partial charge in [0.1, 0.15) is 0 Å². The van der Waals surface area contributed by atoms with Crippen LogP contribution in [0.3, 0.4) is 0 Å². The molecule has 90 valence electrons. The van der Waals surface area contributed by atoms with E-state index in [1.165, 1.54) is 32.1 Å². The molecule has 1 saturated heterocycles. The van der Waals surface area contributed by atoms with Gasteiger partial charge in [-0.3, -0.25) is 4.90 Å². The first-order valence-electron chi connectivity index (χ1n) is 6.67. The first-order valence-corrected chi connectivity index (χ1v) is 6.67. The van der Waals surface area contributed by atoms with Crippen LogP contribution in [0.2, 0.25) is 0 Å². The molecule has 0 amide bonds. The maximum Gasteiger partial charge on any atom is 0.0638 e. The van der Waals surface area contributed by atoms with Gasteiger partial charge in [-0.15, -0.1) is 0 Å². The molecule has 16 heavy (non-hydrogen) atoms. The van der Waals surface area contributed by atoms with Gasteiger partial charge in [0, 0.05) is 24.7 Å². The molecule has 1 heterocycles. The van der Waals surface area contributed by atoms with Gasteiger partial charge >= 0.3 is 0 Å². The monoisotopic (exact) mass is 221 g/mol. The van der Waals surface area contributed by atoms with Crippen molar-refractivity contribution < 1.29 is 0 Å². The molecule has 0 aromatic rings. The highest BCUT2D eigenvalue weighted by Gasteiger charge is 2.30. The zero-order valence-corrected chi connectivity index (χ0v) is 10.3. The average Bonchev–Trinajstić information content (AvgIpc) is 2.72. The largest absolute Gasteiger partial charge is 0.312 e. The van der Waals surface area contributed by atoms with E-state index in [0.29, 0.717) is 18.5 Å². The summed E-state index contributed by atoms with van der Waals surface area (Å²) in [5.74, 6) is 0. The van der Waals surface area contributed by atoms with Gasteiger partial charge in [0.2, 0.25) is 0 Å². The molecule has 2 fully saturated rings. The lowest BCUT2D eigenvalue weighted by molar-refractivity contribution is 0.142. The molecule has 2 aliphatic rings. The summed E-state index contributed by atoms with van der Waals surface area (Å²) in [4.78, 5) is 2.66. The quantitative estimate of drug-likeness (QED) is 0.774. The first-order chi connectivity index (χ1) is 7.81. The minimum atomic E-state index is 0.385. The Bertz CT molecular complexity index is 252. The predicted octanol–water partition coefficient (Wildman–Crippen LogP) is 1.90. The van der Waals surface area contributed by atoms with E-state index in [-0.39, 0.29) is 0 Å². The van der Waals surface area contributed by atoms with Crippen molar-refractivity contribution in [3.8, 4) is 6.07 Å². The van der Waals surface area contributed by atoms with Crippen LogP contribution in [-0.4, -0.2) is 36.1 Å². The molecule has 2 rings (SSSR count). The lowest BCUT2D eigenvalue weighted by Crippen LogP contribution is -2.44. The number of hydrogen-bond acceptors (Lipinski definition) is 3. The summed E-state index contributed by atoms with van der Waals surface area (Å²) in [5, 5.41) is 12.3. The van der Waals surface area contributed by atoms with Gasteiger partial charge < -0.3 is 5.32 Å². The molecular formula is C13H23N3. The summed E-state index contributed by atoms with van der Waals surface area (Å²) in [6.07, 6.45) is 7.38. The first kappa shape index (κ1) is 11.9. The third-order valence-electron chi connectivity index (χ3n) is 4.12. The van der Waals surface area contributed by atoms with Gasteiger partial charge in [0.05, 0.1) is 12.5 Å². The van der Waals surface area contributed by atoms with E-state index >= 15 is 0 Å². The van der Waals surface area contributed by atoms with Crippen LogP contribution in [0.5, 0.6) is 0 Å². The van der Waals surface area contributed by atoms with Crippen molar-refractivity contribution in [2.24, 2.45) is 0 Å². The molecule has 3 heteroatoms. The second-order valence-electron chi connectivity index (χ2n) is 5.29. The summed E-state index contributed by atoms with van der Waals surface area (Å²) in [7, 11) is 0. The highest BCUT2D eigenvalue weighted by Crippen LogP contribution is 2.27. The molecule has 1 saturated carbocycles. The van der Waals surface area contributed by atoms with Crippen molar-refractivity contribution in [2.75, 3.05) is 13.1 Å². The molecule has 0 radical (unpaired) electrons. The summed E-state index contributed by atoms with van der Waals surface area (Å²) < 4.78 is 0. The van der Waals surface area contributed by atoms with E-state index in [1.807, 2.05) is 0 Å². The SMILES string of the molecule is CC1CCNC(CC#N)CN1C1CCCC1. The van der Waals surface area contributed by atoms with Gasteiger partial charge in [0.25, 0.3) is 0 Å². The smallest absolute Gasteiger partial charge is 0.0638 e. The van der Waals surface area contributed by atoms with Crippen LogP contribution in [0.4, 0.5) is 0 Å². The molecule has 0 bridgehead atoms. The van der Waals surface area contributed by atoms with Crippen LogP contribution in [0.15, 0.2) is 0 Å². The lowest BCUT2D eigenvalue weighted by atomic mass is 10.1. The van der Waals surface area contributed by atoms with Crippen molar-refractivity contribution in [3.63, 3.8) is 0 Å². The number of nitriles is 1. The molecule has 1 N–H and O–H groups in total. The Labute approximate surface area is 98.8 Å². The van der Waals surface area contributed by atoms with Crippen molar-refractivity contribution in [1.82, 2.24) is 10.2 Å². The second kappa shape index (κ2) is 5.65. The predicted molar refractivity (Wildman–Crippen MR) is 65.1 cm³/mol. The highest BCUT2D eigenvalue weighted by atomic mass is 15.2. The van der Waals surface area contributed by atoms with E-state index in [1.54, 1.807) is 0 Å². The van der Waals surface area contributed by atoms with Crippen LogP contribution in [0.1, 0.15) is 45.4 Å². The zero-order chi connectivity index (χ0) is 11.4. The fourth-order valence-electron chi connectivity index (χ4n) is 3.15. The van der Waals surface area contributed by atoms with Gasteiger partial charge in [-0.05, 0) is 32.7 Å². The van der Waals surface area contributed by atoms with Crippen molar-refractivity contribution in [2.45, 2.75) is 63.6 Å². The van der Waals surface area contributed by atoms with Crippen LogP contribution in [0, 0.1) is 11.3 Å². The topological polar surface area (TPSA) is 39.1 Å². The van der Waals surface area contributed by atoms with Crippen LogP contribution >= 0.6 is 0 Å². The molecular weight excluding hydrogens is 198 g/mol. The van der Waals surface area contributed by atoms with Crippen molar-refractivity contribution >= 4 is 0 Å². The highest BCUT2D eigenvalue weighted by molar-refractivity contribution is 4.90. The Balaban J connectivity index is 1.98. The fraction of sp³-hybridized carbons (Fsp3) is 0.923. The van der Waals surface area contributed by atoms with E-state index in [9.17, 15) is 0 Å². The molecule has 1 aliphatic carbocycles. The van der Waals surface area contributed by atoms with Gasteiger partial charge in [-0.1, -0.05) is 12.8 Å². The third kappa shape index (κ3) is 2.75. The second-order valence-corrected chi connectivity index (χ2v) is 5.29. The van der Waals surface area contributed by atoms with Gasteiger partial charge in [-0.2, -0.15) is 5.26 Å². The molecule has 1 aliphatic heterocycles. The summed E-state index contributed by atoms with van der Waals surface area (Å²) in [5.41, 5.74) is 0. The zero-order valence-electron chi connectivity index (χ0n) is 10.3. The standard InChI is InChI=1S/C13H23N3/c1-11-7-9-15-12(6-8-14)10-16(11)13-4-2-3-5-13/h11-13,15H,2-7,9-10H2,1H3. The molecule has 0 spiro atoms. The molecule has 3 nitrogen and oxygen atoms in total. The fourth-order valence-corrected chi connectivity index (χ4v) is 3.15. The summed E-state index contributed by atoms with van der Waals surface area (Å²) in [6.45, 7) is 4.48. The number of nitrogens with zero attached hydrogens (tertiary/aromatic N) is 2. The maximum absolute atomic E-state index is 8.82. The Kier molecular flexibility index (Phi) is 4.20. The van der Waals surface area contributed by atoms with E-state index in [4.69, 9.17) is 5.26 Å². The average molecular weight is 221 g/mol. The van der Waals surface area contributed by atoms with Crippen LogP contribution in [0.25, 0.3) is 0 Å². The van der Waals surface area contributed by atoms with Crippen molar-refractivity contribution in [1.29, 1.82) is 5.26 Å². The maximum atomic E-state index is 8.82. The van der Waals surface area contributed by atoms with Crippen LogP contribution in [-0.2, 0) is 0 Å². The molecule has 2 atom stereocenters. The third-order valence-corrected chi connectivity index (χ3v) is 4.12. The number of rotatable bonds is 2. The number of nitrogens with one attached hydrogen (secondary N) is 1. The molecule has 2 unspecified atom stereocenters. The summed E-state index contributed by atoms with van der Waals surface area (Å²) in [6, 6.07) is 4.15. The normalized spacial score (nSPS) is 33.5. The lowest BCUT2D eigenvalue weighted by Gasteiger charge is -2.34. The Hall–Kier alpha value is -0.590. The van der Waals surface area contributed by atoms with Gasteiger partial charge in [0.15, 0.2) is 0 Å². The Morgan fingerprint density at radius 2 is 2.06 bits per heavy atom. The molecule has 0 aromatic heterocycles. The Morgan fingerprint density at radius 1 is 1.31 bits per heavy atom. The summed E-state index contributed by atoms with van der Waals surface area (Å²) >= 11 is 0. The minimum Gasteiger partial charge on any atom is -0.312 e. The van der Waals surface area contributed by atoms with Gasteiger partial charge in [-0.25, -0.2) is 0 Å². The van der Waals surface area contributed by atoms with Crippen LogP contribution < -0.4 is 5.32 Å². The van der Waals surface area contributed by atoms with E-state index < -0.39 is 0 Å². The van der Waals surface area contributed by atoms with Crippen molar-refractivity contribution in [3.05, 3.63) is 0 Å².